The van der Waals surface area contributed by atoms with Gasteiger partial charge < -0.3 is 25.3 Å². The van der Waals surface area contributed by atoms with Crippen molar-refractivity contribution in [1.29, 1.82) is 5.41 Å². The van der Waals surface area contributed by atoms with Crippen LogP contribution in [-0.4, -0.2) is 44.0 Å². The zero-order chi connectivity index (χ0) is 10.9. The van der Waals surface area contributed by atoms with Crippen LogP contribution in [0.25, 0.3) is 0 Å². The number of aliphatic hydroxyl groups is 1. The normalized spacial score (nSPS) is 18.1. The summed E-state index contributed by atoms with van der Waals surface area (Å²) >= 11 is 0. The molecule has 86 valence electrons. The Morgan fingerprint density at radius 3 is 2.80 bits per heavy atom. The van der Waals surface area contributed by atoms with Crippen molar-refractivity contribution in [2.45, 2.75) is 19.1 Å². The summed E-state index contributed by atoms with van der Waals surface area (Å²) < 4.78 is 10.6. The van der Waals surface area contributed by atoms with Crippen LogP contribution in [0, 0.1) is 5.41 Å². The van der Waals surface area contributed by atoms with Crippen LogP contribution in [-0.2, 0) is 9.47 Å². The third-order valence-corrected chi connectivity index (χ3v) is 2.11. The molecule has 1 aliphatic rings. The van der Waals surface area contributed by atoms with Gasteiger partial charge in [-0.15, -0.1) is 0 Å². The molecule has 0 aromatic rings. The molecule has 1 saturated heterocycles. The van der Waals surface area contributed by atoms with Crippen molar-refractivity contribution in [2.75, 3.05) is 26.4 Å². The van der Waals surface area contributed by atoms with Crippen LogP contribution in [0.1, 0.15) is 12.8 Å². The third-order valence-electron chi connectivity index (χ3n) is 2.11. The van der Waals surface area contributed by atoms with E-state index in [0.717, 1.165) is 25.6 Å². The monoisotopic (exact) mass is 214 g/mol. The number of rotatable bonds is 7. The highest BCUT2D eigenvalue weighted by molar-refractivity contribution is 5.75. The molecule has 0 amide bonds. The molecule has 3 N–H and O–H groups in total. The Hall–Kier alpha value is -0.910. The van der Waals surface area contributed by atoms with E-state index in [2.05, 4.69) is 5.32 Å². The van der Waals surface area contributed by atoms with E-state index in [1.165, 1.54) is 0 Å². The molecule has 0 aromatic heterocycles. The highest BCUT2D eigenvalue weighted by Gasteiger charge is 2.14. The average Bonchev–Trinajstić information content (AvgIpc) is 2.76. The lowest BCUT2D eigenvalue weighted by atomic mass is 10.3. The van der Waals surface area contributed by atoms with E-state index >= 15 is 0 Å². The van der Waals surface area contributed by atoms with Crippen LogP contribution in [0.15, 0.2) is 11.8 Å². The maximum Gasteiger partial charge on any atom is 0.157 e. The van der Waals surface area contributed by atoms with Crippen LogP contribution in [0.2, 0.25) is 0 Å². The molecule has 0 saturated carbocycles. The first-order chi connectivity index (χ1) is 7.36. The number of hydrogen-bond acceptors (Lipinski definition) is 5. The van der Waals surface area contributed by atoms with Crippen molar-refractivity contribution in [3.05, 3.63) is 11.8 Å². The second-order valence-corrected chi connectivity index (χ2v) is 3.29. The van der Waals surface area contributed by atoms with Gasteiger partial charge in [0, 0.05) is 31.0 Å². The Labute approximate surface area is 89.6 Å². The third kappa shape index (κ3) is 4.92. The molecule has 1 aliphatic heterocycles. The predicted octanol–water partition coefficient (Wildman–Crippen LogP) is 0.255. The molecule has 0 spiro atoms. The van der Waals surface area contributed by atoms with Crippen molar-refractivity contribution < 1.29 is 14.6 Å². The maximum absolute atomic E-state index is 8.76. The number of nitrogens with one attached hydrogen (secondary N) is 2. The minimum atomic E-state index is -0.106. The molecule has 1 fully saturated rings. The first-order valence-corrected chi connectivity index (χ1v) is 5.14. The number of ether oxygens (including phenoxy) is 2. The topological polar surface area (TPSA) is 74.6 Å². The van der Waals surface area contributed by atoms with Crippen LogP contribution >= 0.6 is 0 Å². The highest BCUT2D eigenvalue weighted by atomic mass is 16.7. The summed E-state index contributed by atoms with van der Waals surface area (Å²) in [5.74, 6) is 0. The molecule has 5 nitrogen and oxygen atoms in total. The van der Waals surface area contributed by atoms with Gasteiger partial charge in [-0.1, -0.05) is 0 Å². The lowest BCUT2D eigenvalue weighted by molar-refractivity contribution is -0.0474. The van der Waals surface area contributed by atoms with Gasteiger partial charge in [-0.3, -0.25) is 0 Å². The maximum atomic E-state index is 8.76. The summed E-state index contributed by atoms with van der Waals surface area (Å²) in [5.41, 5.74) is 0.573. The fraction of sp³-hybridized carbons (Fsp3) is 0.700. The Morgan fingerprint density at radius 1 is 1.47 bits per heavy atom. The van der Waals surface area contributed by atoms with Crippen LogP contribution in [0.3, 0.4) is 0 Å². The average molecular weight is 214 g/mol. The van der Waals surface area contributed by atoms with Crippen molar-refractivity contribution in [3.63, 3.8) is 0 Å². The Kier molecular flexibility index (Phi) is 5.99. The second kappa shape index (κ2) is 7.39. The Morgan fingerprint density at radius 2 is 2.20 bits per heavy atom. The number of aliphatic hydroxyl groups excluding tert-OH is 1. The Balaban J connectivity index is 2.00. The van der Waals surface area contributed by atoms with Gasteiger partial charge in [0.15, 0.2) is 6.29 Å². The van der Waals surface area contributed by atoms with E-state index in [1.54, 1.807) is 6.20 Å². The minimum absolute atomic E-state index is 0.0455. The van der Waals surface area contributed by atoms with Crippen molar-refractivity contribution in [1.82, 2.24) is 5.32 Å². The highest BCUT2D eigenvalue weighted by Crippen LogP contribution is 2.09. The summed E-state index contributed by atoms with van der Waals surface area (Å²) in [6, 6.07) is 0. The first kappa shape index (κ1) is 12.2. The second-order valence-electron chi connectivity index (χ2n) is 3.29. The summed E-state index contributed by atoms with van der Waals surface area (Å²) in [7, 11) is 0. The minimum Gasteiger partial charge on any atom is -0.392 e. The molecule has 15 heavy (non-hydrogen) atoms. The van der Waals surface area contributed by atoms with E-state index in [9.17, 15) is 0 Å². The smallest absolute Gasteiger partial charge is 0.157 e. The van der Waals surface area contributed by atoms with Crippen molar-refractivity contribution >= 4 is 6.21 Å². The van der Waals surface area contributed by atoms with Gasteiger partial charge in [0.25, 0.3) is 0 Å². The molecule has 0 radical (unpaired) electrons. The SMILES string of the molecule is N=C/C(=C\NCCCC1OCCO1)CO. The summed E-state index contributed by atoms with van der Waals surface area (Å²) in [4.78, 5) is 0. The summed E-state index contributed by atoms with van der Waals surface area (Å²) in [6.07, 6.45) is 4.56. The quantitative estimate of drug-likeness (QED) is 0.419. The first-order valence-electron chi connectivity index (χ1n) is 5.14. The molecule has 1 rings (SSSR count). The molecule has 5 heteroatoms. The van der Waals surface area contributed by atoms with E-state index in [4.69, 9.17) is 20.0 Å². The van der Waals surface area contributed by atoms with Gasteiger partial charge in [-0.2, -0.15) is 0 Å². The van der Waals surface area contributed by atoms with Gasteiger partial charge in [0.2, 0.25) is 0 Å². The zero-order valence-corrected chi connectivity index (χ0v) is 8.74. The fourth-order valence-corrected chi connectivity index (χ4v) is 1.28. The van der Waals surface area contributed by atoms with Crippen LogP contribution in [0.5, 0.6) is 0 Å². The van der Waals surface area contributed by atoms with E-state index in [-0.39, 0.29) is 12.9 Å². The van der Waals surface area contributed by atoms with Crippen LogP contribution in [0.4, 0.5) is 0 Å². The lowest BCUT2D eigenvalue weighted by Gasteiger charge is -2.08. The van der Waals surface area contributed by atoms with Gasteiger partial charge in [-0.25, -0.2) is 0 Å². The molecule has 1 heterocycles. The molecule has 0 aromatic carbocycles. The molecular formula is C10H18N2O3. The van der Waals surface area contributed by atoms with E-state index in [0.29, 0.717) is 18.8 Å². The van der Waals surface area contributed by atoms with Crippen molar-refractivity contribution in [2.24, 2.45) is 0 Å². The van der Waals surface area contributed by atoms with E-state index in [1.807, 2.05) is 0 Å². The van der Waals surface area contributed by atoms with E-state index < -0.39 is 0 Å². The van der Waals surface area contributed by atoms with Crippen LogP contribution < -0.4 is 5.32 Å². The zero-order valence-electron chi connectivity index (χ0n) is 8.74. The standard InChI is InChI=1S/C10H18N2O3/c11-6-9(8-13)7-12-3-1-2-10-14-4-5-15-10/h6-7,10-13H,1-5,8H2/b9-7+,11-6?. The van der Waals surface area contributed by atoms with Gasteiger partial charge in [-0.05, 0) is 6.42 Å². The predicted molar refractivity (Wildman–Crippen MR) is 56.9 cm³/mol. The number of hydrogen-bond donors (Lipinski definition) is 3. The Bertz CT molecular complexity index is 213. The summed E-state index contributed by atoms with van der Waals surface area (Å²) in [6.45, 7) is 2.08. The van der Waals surface area contributed by atoms with Gasteiger partial charge >= 0.3 is 0 Å². The molecule has 0 atom stereocenters. The lowest BCUT2D eigenvalue weighted by Crippen LogP contribution is -2.14. The molecule has 0 unspecified atom stereocenters. The molecule has 0 aliphatic carbocycles. The molecular weight excluding hydrogens is 196 g/mol. The largest absolute Gasteiger partial charge is 0.392 e. The summed E-state index contributed by atoms with van der Waals surface area (Å²) in [5, 5.41) is 18.7. The van der Waals surface area contributed by atoms with Gasteiger partial charge in [0.05, 0.1) is 19.8 Å². The van der Waals surface area contributed by atoms with Gasteiger partial charge in [0.1, 0.15) is 0 Å². The molecule has 0 bridgehead atoms. The van der Waals surface area contributed by atoms with Crippen molar-refractivity contribution in [3.8, 4) is 0 Å². The fourth-order valence-electron chi connectivity index (χ4n) is 1.28.